The Hall–Kier alpha value is -9.83. The van der Waals surface area contributed by atoms with E-state index in [0.717, 1.165) is 179 Å². The predicted molar refractivity (Wildman–Crippen MR) is 491 cm³/mol. The summed E-state index contributed by atoms with van der Waals surface area (Å²) in [5.41, 5.74) is 20.7. The van der Waals surface area contributed by atoms with Crippen molar-refractivity contribution in [2.75, 3.05) is 76.4 Å². The molecule has 0 amide bonds. The summed E-state index contributed by atoms with van der Waals surface area (Å²) in [4.78, 5) is 39.3. The van der Waals surface area contributed by atoms with Crippen molar-refractivity contribution < 1.29 is 137 Å². The van der Waals surface area contributed by atoms with Gasteiger partial charge in [0.1, 0.15) is 48.9 Å². The minimum atomic E-state index is -10.7. The van der Waals surface area contributed by atoms with Crippen LogP contribution < -0.4 is 29.7 Å². The van der Waals surface area contributed by atoms with Crippen LogP contribution in [-0.2, 0) is 42.1 Å². The molecule has 6 aromatic heterocycles. The number of aliphatic hydroxyl groups excluding tert-OH is 2. The van der Waals surface area contributed by atoms with E-state index in [-0.39, 0.29) is 35.0 Å². The number of hydrogen-bond acceptors (Lipinski definition) is 13. The minimum Gasteiger partial charge on any atom is -0.545 e. The zero-order valence-electron chi connectivity index (χ0n) is 71.2. The van der Waals surface area contributed by atoms with E-state index in [1.165, 1.54) is 50.4 Å². The van der Waals surface area contributed by atoms with Gasteiger partial charge in [-0.1, -0.05) is 39.1 Å². The van der Waals surface area contributed by atoms with Crippen molar-refractivity contribution >= 4 is 77.0 Å². The molecule has 39 heteroatoms. The molecule has 1 radical (unpaired) electrons. The minimum absolute atomic E-state index is 0. The van der Waals surface area contributed by atoms with Crippen LogP contribution in [-0.4, -0.2) is 113 Å². The molecule has 10 aromatic rings. The normalized spacial score (nSPS) is 12.1. The van der Waals surface area contributed by atoms with E-state index >= 15 is 0 Å². The van der Waals surface area contributed by atoms with Crippen molar-refractivity contribution in [2.24, 2.45) is 0 Å². The van der Waals surface area contributed by atoms with Crippen molar-refractivity contribution in [3.8, 4) is 90.2 Å². The average molecular weight is 2310 g/mol. The van der Waals surface area contributed by atoms with E-state index in [1.807, 2.05) is 122 Å². The smallest absolute Gasteiger partial charge is 0.0160 e. The number of carbonyl (C=O) groups excluding carboxylic acids is 1. The Morgan fingerprint density at radius 3 is 0.915 bits per heavy atom. The van der Waals surface area contributed by atoms with Crippen LogP contribution in [0, 0.1) is 26.0 Å². The zero-order chi connectivity index (χ0) is 95.6. The molecule has 4 aromatic carbocycles. The van der Waals surface area contributed by atoms with Crippen molar-refractivity contribution in [3.05, 3.63) is 277 Å². The number of aryl methyl sites for hydroxylation is 2. The van der Waals surface area contributed by atoms with Crippen molar-refractivity contribution in [1.82, 2.24) is 39.1 Å². The third kappa shape index (κ3) is 43.0. The molecule has 0 spiro atoms. The van der Waals surface area contributed by atoms with Crippen LogP contribution in [0.1, 0.15) is 81.4 Å². The summed E-state index contributed by atoms with van der Waals surface area (Å²) in [6.07, 6.45) is 11.0. The summed E-state index contributed by atoms with van der Waals surface area (Å²) in [5.74, 6) is 1.77. The molecule has 2 aliphatic heterocycles. The van der Waals surface area contributed by atoms with E-state index in [2.05, 4.69) is 260 Å². The molecule has 715 valence electrons. The second-order valence-corrected chi connectivity index (χ2v) is 32.3. The molecule has 2 aliphatic carbocycles. The van der Waals surface area contributed by atoms with Gasteiger partial charge in [-0.05, 0) is 200 Å². The topological polar surface area (TPSA) is 174 Å². The molecule has 2 N–H and O–H groups in total. The SMILES string of the molecule is C.C.CCN(CC)c1ccc2c(-c3ccnc(-c4cc(C)ccn4)c3)c3ccc(=[N+](CC)CC)cc-3oc2c1.CCN(CC)c1ccc2c(-c3ccnc(-c4cc(C)ccn4)c3)c3ccc(=[N+](CC)CC)cc-3oc2c1.CO.CO.F[P-](F)(F)(F)(F)F.F[P-](F)(F)(F)(F)F.F[P-](F)(F)(F)(F)F.[Br][Re].[CH-]=O.[Ir].[c-]1ccccc1-c1ccccn1.[c-]1ccccc1-c1ccccn1. The number of aliphatic hydroxyl groups is 2. The molecule has 0 saturated heterocycles. The number of benzene rings is 6. The third-order valence-electron chi connectivity index (χ3n) is 17.6. The van der Waals surface area contributed by atoms with Gasteiger partial charge < -0.3 is 43.6 Å². The van der Waals surface area contributed by atoms with Crippen LogP contribution in [0.25, 0.3) is 112 Å². The Labute approximate surface area is 775 Å². The first-order chi connectivity index (χ1) is 59.4. The molecule has 0 atom stereocenters. The Morgan fingerprint density at radius 2 is 0.654 bits per heavy atom. The molecular weight excluding hydrogens is 2210 g/mol. The van der Waals surface area contributed by atoms with Crippen LogP contribution >= 0.6 is 36.9 Å². The molecule has 0 bridgehead atoms. The van der Waals surface area contributed by atoms with Gasteiger partial charge in [-0.2, -0.15) is 0 Å². The molecule has 0 saturated carbocycles. The van der Waals surface area contributed by atoms with Gasteiger partial charge in [0, 0.05) is 166 Å². The van der Waals surface area contributed by atoms with E-state index in [9.17, 15) is 75.5 Å². The van der Waals surface area contributed by atoms with Gasteiger partial charge >= 0.3 is 130 Å². The molecule has 14 rings (SSSR count). The van der Waals surface area contributed by atoms with Gasteiger partial charge in [0.15, 0.2) is 0 Å². The van der Waals surface area contributed by atoms with Gasteiger partial charge in [0.25, 0.3) is 0 Å². The van der Waals surface area contributed by atoms with Crippen molar-refractivity contribution in [1.29, 1.82) is 0 Å². The van der Waals surface area contributed by atoms with Gasteiger partial charge in [-0.15, -0.1) is 71.8 Å². The number of anilines is 2. The number of aromatic nitrogens is 6. The molecule has 0 unspecified atom stereocenters. The molecule has 4 aliphatic rings. The maximum absolute atomic E-state index is 10.7. The number of pyridine rings is 6. The summed E-state index contributed by atoms with van der Waals surface area (Å²) in [7, 11) is -30.0. The molecular formula is C91H103BrF18IrN10O5P3Re-4. The first kappa shape index (κ1) is 118. The summed E-state index contributed by atoms with van der Waals surface area (Å²) in [6, 6.07) is 76.6. The van der Waals surface area contributed by atoms with E-state index in [1.54, 1.807) is 12.4 Å². The molecule has 15 nitrogen and oxygen atoms in total. The maximum Gasteiger partial charge on any atom is 0.0160 e. The number of fused-ring (bicyclic) bond motifs is 4. The van der Waals surface area contributed by atoms with Gasteiger partial charge in [0.2, 0.25) is 10.7 Å². The summed E-state index contributed by atoms with van der Waals surface area (Å²) < 4.78 is 196. The quantitative estimate of drug-likeness (QED) is 0.0234. The van der Waals surface area contributed by atoms with E-state index < -0.39 is 23.4 Å². The van der Waals surface area contributed by atoms with Crippen LogP contribution in [0.15, 0.2) is 252 Å². The fourth-order valence-electron chi connectivity index (χ4n) is 12.5. The number of hydrogen-bond donors (Lipinski definition) is 2. The molecule has 0 fully saturated rings. The van der Waals surface area contributed by atoms with Crippen LogP contribution in [0.4, 0.5) is 86.9 Å². The first-order valence-corrected chi connectivity index (χ1v) is 50.6. The van der Waals surface area contributed by atoms with Gasteiger partial charge in [-0.25, -0.2) is 9.15 Å². The Balaban J connectivity index is 0.000000832. The van der Waals surface area contributed by atoms with Crippen LogP contribution in [0.3, 0.4) is 0 Å². The second kappa shape index (κ2) is 49.6. The summed E-state index contributed by atoms with van der Waals surface area (Å²) in [5, 5.41) is 18.5. The fraction of sp³-hybridized carbons (Fsp3) is 0.242. The first-order valence-electron chi connectivity index (χ1n) is 38.6. The van der Waals surface area contributed by atoms with Crippen LogP contribution in [0.5, 0.6) is 0 Å². The van der Waals surface area contributed by atoms with E-state index in [0.29, 0.717) is 0 Å². The number of halogens is 19. The Morgan fingerprint density at radius 1 is 0.369 bits per heavy atom. The summed E-state index contributed by atoms with van der Waals surface area (Å²) >= 11 is 4.53. The van der Waals surface area contributed by atoms with Gasteiger partial charge in [-0.3, -0.25) is 26.7 Å². The number of rotatable bonds is 16. The van der Waals surface area contributed by atoms with Gasteiger partial charge in [0.05, 0.1) is 34.9 Å². The summed E-state index contributed by atoms with van der Waals surface area (Å²) in [6.45, 7) is 32.5. The Bertz CT molecular complexity index is 5400. The second-order valence-electron chi connectivity index (χ2n) is 26.5. The largest absolute Gasteiger partial charge is 0.545 e. The monoisotopic (exact) mass is 2310 g/mol. The van der Waals surface area contributed by atoms with E-state index in [4.69, 9.17) is 23.8 Å². The zero-order valence-corrected chi connectivity index (χ0v) is 80.5. The standard InChI is InChI=1S/2C32H35N4O.2C11H8N.2CH4O.CHO.2CH4.BrH.3F6P.Ir.Re/c2*1-6-35(7-2)24-10-12-26-30(20-24)37-31-21-25(36(8-3)9-4)11-13-27(31)32(26)23-15-17-34-29(19-23)28-18-22(5)14-16-33-28;2*1-2-6-10(7-3-1)11-8-4-5-9-12-11;3*1-2;;;;3*1-7(2,3,4,5)6;;/h2*10-21H,6-9H2,1-5H3;2*1-6,8-9H;2*2H,1H3;1H;2*1H4;1H;;;;;/q2*+1;2*-1;;;-1;;;;3*-1;;+1/p-1. The van der Waals surface area contributed by atoms with Crippen LogP contribution in [0.2, 0.25) is 0 Å². The fourth-order valence-corrected chi connectivity index (χ4v) is 12.5. The number of nitrogens with zero attached hydrogens (tertiary/aromatic N) is 10. The predicted octanol–water partition coefficient (Wildman–Crippen LogP) is 29.6. The van der Waals surface area contributed by atoms with Crippen molar-refractivity contribution in [2.45, 2.75) is 84.1 Å². The maximum atomic E-state index is 9.87. The van der Waals surface area contributed by atoms with Crippen molar-refractivity contribution in [3.63, 3.8) is 0 Å². The molecule has 8 heterocycles. The Kier molecular flexibility index (Phi) is 45.1. The average Bonchev–Trinajstić information content (AvgIpc) is 0.746. The molecule has 130 heavy (non-hydrogen) atoms. The third-order valence-corrected chi connectivity index (χ3v) is 17.6.